The molecule has 2 atom stereocenters. The Morgan fingerprint density at radius 2 is 2.09 bits per heavy atom. The molecular weight excluding hydrogens is 298 g/mol. The van der Waals surface area contributed by atoms with Crippen molar-refractivity contribution < 1.29 is 34.0 Å². The molecule has 1 heterocycles. The SMILES string of the molecule is CC(ON=[N+]([O-])N1CCC[C@H]1C(=O)O)OC(=O)OC(C)(C)C. The smallest absolute Gasteiger partial charge is 0.511 e. The molecule has 10 nitrogen and oxygen atoms in total. The van der Waals surface area contributed by atoms with E-state index in [0.717, 1.165) is 5.01 Å². The lowest BCUT2D eigenvalue weighted by Gasteiger charge is -2.20. The van der Waals surface area contributed by atoms with Gasteiger partial charge < -0.3 is 19.8 Å². The van der Waals surface area contributed by atoms with Crippen LogP contribution < -0.4 is 0 Å². The Morgan fingerprint density at radius 3 is 2.64 bits per heavy atom. The maximum Gasteiger partial charge on any atom is 0.511 e. The summed E-state index contributed by atoms with van der Waals surface area (Å²) in [6.45, 7) is 6.61. The largest absolute Gasteiger partial charge is 0.569 e. The Balaban J connectivity index is 2.49. The van der Waals surface area contributed by atoms with Crippen LogP contribution in [0.4, 0.5) is 4.79 Å². The van der Waals surface area contributed by atoms with Crippen molar-refractivity contribution >= 4 is 12.1 Å². The zero-order valence-electron chi connectivity index (χ0n) is 13.0. The van der Waals surface area contributed by atoms with Crippen molar-refractivity contribution in [3.05, 3.63) is 5.21 Å². The average Bonchev–Trinajstić information content (AvgIpc) is 2.82. The van der Waals surface area contributed by atoms with Crippen LogP contribution in [-0.2, 0) is 19.1 Å². The van der Waals surface area contributed by atoms with E-state index in [0.29, 0.717) is 12.8 Å². The molecule has 1 saturated heterocycles. The number of carboxylic acids is 1. The summed E-state index contributed by atoms with van der Waals surface area (Å²) in [5, 5.41) is 24.9. The molecule has 0 amide bonds. The Bertz CT molecular complexity index is 446. The van der Waals surface area contributed by atoms with Crippen LogP contribution in [0.15, 0.2) is 5.28 Å². The van der Waals surface area contributed by atoms with Gasteiger partial charge in [-0.25, -0.2) is 9.59 Å². The molecule has 0 bridgehead atoms. The van der Waals surface area contributed by atoms with Crippen molar-refractivity contribution in [1.82, 2.24) is 5.01 Å². The standard InChI is InChI=1S/C12H21N3O7/c1-8(20-11(18)21-12(2,3)4)22-13-15(19)14-7-5-6-9(14)10(16)17/h8-9H,5-7H2,1-4H3,(H,16,17)/t8?,9-/m0/s1. The summed E-state index contributed by atoms with van der Waals surface area (Å²) in [5.74, 6) is -1.10. The van der Waals surface area contributed by atoms with E-state index in [2.05, 4.69) is 5.28 Å². The molecule has 0 aromatic rings. The highest BCUT2D eigenvalue weighted by molar-refractivity contribution is 5.73. The number of carbonyl (C=O) groups excluding carboxylic acids is 1. The molecule has 1 N–H and O–H groups in total. The first-order valence-corrected chi connectivity index (χ1v) is 6.83. The zero-order valence-corrected chi connectivity index (χ0v) is 13.0. The van der Waals surface area contributed by atoms with Gasteiger partial charge in [-0.15, -0.1) is 5.01 Å². The van der Waals surface area contributed by atoms with E-state index < -0.39 is 30.1 Å². The molecule has 0 aromatic carbocycles. The molecule has 1 aliphatic heterocycles. The zero-order chi connectivity index (χ0) is 16.9. The molecule has 0 aliphatic carbocycles. The summed E-state index contributed by atoms with van der Waals surface area (Å²) in [6.07, 6.45) is -1.20. The molecule has 1 rings (SSSR count). The molecular formula is C12H21N3O7. The van der Waals surface area contributed by atoms with Gasteiger partial charge in [0, 0.05) is 6.92 Å². The summed E-state index contributed by atoms with van der Waals surface area (Å²) in [6, 6.07) is -0.938. The number of aliphatic carboxylic acids is 1. The van der Waals surface area contributed by atoms with Crippen LogP contribution in [0.2, 0.25) is 0 Å². The normalized spacial score (nSPS) is 20.5. The van der Waals surface area contributed by atoms with Gasteiger partial charge in [0.25, 0.3) is 6.29 Å². The molecule has 1 aliphatic rings. The second-order valence-electron chi connectivity index (χ2n) is 5.75. The molecule has 0 saturated carbocycles. The van der Waals surface area contributed by atoms with E-state index in [1.807, 2.05) is 0 Å². The van der Waals surface area contributed by atoms with Crippen LogP contribution in [0, 0.1) is 5.21 Å². The van der Waals surface area contributed by atoms with Crippen LogP contribution in [-0.4, -0.2) is 51.7 Å². The van der Waals surface area contributed by atoms with E-state index in [4.69, 9.17) is 19.4 Å². The summed E-state index contributed by atoms with van der Waals surface area (Å²) < 4.78 is 9.64. The predicted molar refractivity (Wildman–Crippen MR) is 71.3 cm³/mol. The maximum atomic E-state index is 11.7. The van der Waals surface area contributed by atoms with Crippen LogP contribution >= 0.6 is 0 Å². The van der Waals surface area contributed by atoms with Gasteiger partial charge in [0.2, 0.25) is 5.28 Å². The van der Waals surface area contributed by atoms with Gasteiger partial charge in [0.1, 0.15) is 5.60 Å². The number of rotatable bonds is 5. The Labute approximate surface area is 127 Å². The molecule has 0 aromatic heterocycles. The molecule has 126 valence electrons. The number of nitrogens with zero attached hydrogens (tertiary/aromatic N) is 3. The second-order valence-corrected chi connectivity index (χ2v) is 5.75. The number of ether oxygens (including phenoxy) is 2. The first-order chi connectivity index (χ1) is 10.1. The van der Waals surface area contributed by atoms with Gasteiger partial charge in [-0.1, -0.05) is 0 Å². The van der Waals surface area contributed by atoms with E-state index in [-0.39, 0.29) is 11.5 Å². The van der Waals surface area contributed by atoms with Gasteiger partial charge in [-0.2, -0.15) is 0 Å². The quantitative estimate of drug-likeness (QED) is 0.267. The van der Waals surface area contributed by atoms with Crippen molar-refractivity contribution in [2.24, 2.45) is 5.28 Å². The van der Waals surface area contributed by atoms with E-state index >= 15 is 0 Å². The van der Waals surface area contributed by atoms with Crippen molar-refractivity contribution in [3.8, 4) is 0 Å². The molecule has 22 heavy (non-hydrogen) atoms. The summed E-state index contributed by atoms with van der Waals surface area (Å²) in [7, 11) is 0. The van der Waals surface area contributed by atoms with Crippen molar-refractivity contribution in [2.75, 3.05) is 6.54 Å². The highest BCUT2D eigenvalue weighted by atomic mass is 16.8. The topological polar surface area (TPSA) is 124 Å². The molecule has 1 unspecified atom stereocenters. The van der Waals surface area contributed by atoms with Crippen molar-refractivity contribution in [3.63, 3.8) is 0 Å². The molecule has 10 heteroatoms. The summed E-state index contributed by atoms with van der Waals surface area (Å²) >= 11 is 0. The fourth-order valence-corrected chi connectivity index (χ4v) is 1.79. The highest BCUT2D eigenvalue weighted by Gasteiger charge is 2.37. The van der Waals surface area contributed by atoms with Crippen LogP contribution in [0.1, 0.15) is 40.5 Å². The van der Waals surface area contributed by atoms with E-state index in [9.17, 15) is 14.8 Å². The average molecular weight is 319 g/mol. The first-order valence-electron chi connectivity index (χ1n) is 6.83. The number of hydrogen-bond acceptors (Lipinski definition) is 7. The lowest BCUT2D eigenvalue weighted by molar-refractivity contribution is -0.714. The van der Waals surface area contributed by atoms with Crippen molar-refractivity contribution in [1.29, 1.82) is 0 Å². The molecule has 0 spiro atoms. The van der Waals surface area contributed by atoms with Crippen LogP contribution in [0.25, 0.3) is 0 Å². The number of hydrazine groups is 1. The lowest BCUT2D eigenvalue weighted by atomic mass is 10.2. The van der Waals surface area contributed by atoms with E-state index in [1.54, 1.807) is 20.8 Å². The monoisotopic (exact) mass is 319 g/mol. The third-order valence-electron chi connectivity index (χ3n) is 2.65. The fourth-order valence-electron chi connectivity index (χ4n) is 1.79. The Kier molecular flexibility index (Phi) is 5.77. The second kappa shape index (κ2) is 7.14. The minimum absolute atomic E-state index is 0.0563. The predicted octanol–water partition coefficient (Wildman–Crippen LogP) is 1.64. The lowest BCUT2D eigenvalue weighted by Crippen LogP contribution is -2.40. The number of carbonyl (C=O) groups is 2. The van der Waals surface area contributed by atoms with Crippen LogP contribution in [0.5, 0.6) is 0 Å². The number of hydrogen-bond donors (Lipinski definition) is 1. The summed E-state index contributed by atoms with van der Waals surface area (Å²) in [4.78, 5) is 27.1. The Morgan fingerprint density at radius 1 is 1.45 bits per heavy atom. The first kappa shape index (κ1) is 17.8. The third-order valence-corrected chi connectivity index (χ3v) is 2.65. The van der Waals surface area contributed by atoms with Gasteiger partial charge in [-0.3, -0.25) is 4.84 Å². The van der Waals surface area contributed by atoms with Crippen LogP contribution in [0.3, 0.4) is 0 Å². The highest BCUT2D eigenvalue weighted by Crippen LogP contribution is 2.17. The van der Waals surface area contributed by atoms with Gasteiger partial charge in [0.05, 0.1) is 11.5 Å². The summed E-state index contributed by atoms with van der Waals surface area (Å²) in [5.41, 5.74) is -0.719. The number of carboxylic acid groups (broad SMARTS) is 1. The minimum Gasteiger partial charge on any atom is -0.569 e. The maximum absolute atomic E-state index is 11.7. The van der Waals surface area contributed by atoms with Gasteiger partial charge in [0.15, 0.2) is 6.04 Å². The van der Waals surface area contributed by atoms with E-state index in [1.165, 1.54) is 6.92 Å². The molecule has 1 fully saturated rings. The Hall–Kier alpha value is -2.26. The fraction of sp³-hybridized carbons (Fsp3) is 0.833. The molecule has 0 radical (unpaired) electrons. The van der Waals surface area contributed by atoms with Crippen molar-refractivity contribution in [2.45, 2.75) is 58.5 Å². The van der Waals surface area contributed by atoms with Gasteiger partial charge in [-0.05, 0) is 33.6 Å². The third kappa shape index (κ3) is 5.62. The van der Waals surface area contributed by atoms with Gasteiger partial charge >= 0.3 is 12.1 Å². The minimum atomic E-state index is -1.16.